The van der Waals surface area contributed by atoms with E-state index in [4.69, 9.17) is 5.14 Å². The summed E-state index contributed by atoms with van der Waals surface area (Å²) in [5, 5.41) is 7.71. The van der Waals surface area contributed by atoms with Crippen LogP contribution in [0.3, 0.4) is 0 Å². The number of para-hydroxylation sites is 1. The zero-order chi connectivity index (χ0) is 15.5. The molecule has 0 aliphatic carbocycles. The summed E-state index contributed by atoms with van der Waals surface area (Å²) < 4.78 is 22.9. The van der Waals surface area contributed by atoms with Crippen molar-refractivity contribution < 1.29 is 13.2 Å². The molecule has 0 spiro atoms. The van der Waals surface area contributed by atoms with Gasteiger partial charge in [0.25, 0.3) is 0 Å². The Morgan fingerprint density at radius 2 is 1.86 bits per heavy atom. The third kappa shape index (κ3) is 4.14. The second kappa shape index (κ2) is 6.07. The van der Waals surface area contributed by atoms with Gasteiger partial charge in [0.15, 0.2) is 0 Å². The number of nitrogens with two attached hydrogens (primary N) is 1. The van der Waals surface area contributed by atoms with Gasteiger partial charge in [-0.2, -0.15) is 0 Å². The van der Waals surface area contributed by atoms with Gasteiger partial charge in [0.05, 0.1) is 12.1 Å². The van der Waals surface area contributed by atoms with Crippen LogP contribution in [0.4, 0.5) is 5.69 Å². The number of aryl methyl sites for hydroxylation is 1. The van der Waals surface area contributed by atoms with E-state index in [-0.39, 0.29) is 22.9 Å². The number of benzene rings is 2. The molecular weight excluding hydrogens is 288 g/mol. The van der Waals surface area contributed by atoms with Crippen LogP contribution >= 0.6 is 0 Å². The quantitative estimate of drug-likeness (QED) is 0.903. The summed E-state index contributed by atoms with van der Waals surface area (Å²) in [7, 11) is -3.87. The Kier molecular flexibility index (Phi) is 4.40. The van der Waals surface area contributed by atoms with E-state index in [0.29, 0.717) is 0 Å². The number of sulfonamides is 1. The van der Waals surface area contributed by atoms with Crippen molar-refractivity contribution >= 4 is 21.6 Å². The van der Waals surface area contributed by atoms with Gasteiger partial charge in [-0.3, -0.25) is 4.79 Å². The standard InChI is InChI=1S/C15H16N2O3S/c1-11-5-4-6-12(9-11)10-15(18)17-13-7-2-3-8-14(13)21(16,19)20/h2-9H,10H2,1H3,(H,17,18)(H2,16,19,20). The highest BCUT2D eigenvalue weighted by molar-refractivity contribution is 7.89. The summed E-state index contributed by atoms with van der Waals surface area (Å²) >= 11 is 0. The molecule has 5 nitrogen and oxygen atoms in total. The predicted octanol–water partition coefficient (Wildman–Crippen LogP) is 1.82. The van der Waals surface area contributed by atoms with Crippen LogP contribution in [-0.4, -0.2) is 14.3 Å². The molecule has 0 aliphatic rings. The predicted molar refractivity (Wildman–Crippen MR) is 81.3 cm³/mol. The second-order valence-corrected chi connectivity index (χ2v) is 6.29. The number of amides is 1. The molecule has 0 radical (unpaired) electrons. The number of nitrogens with one attached hydrogen (secondary N) is 1. The van der Waals surface area contributed by atoms with E-state index in [1.165, 1.54) is 12.1 Å². The first-order chi connectivity index (χ1) is 9.86. The summed E-state index contributed by atoms with van der Waals surface area (Å²) in [6.45, 7) is 1.94. The fourth-order valence-electron chi connectivity index (χ4n) is 2.02. The summed E-state index contributed by atoms with van der Waals surface area (Å²) in [6.07, 6.45) is 0.167. The molecule has 0 fully saturated rings. The summed E-state index contributed by atoms with van der Waals surface area (Å²) in [5.41, 5.74) is 2.11. The molecule has 3 N–H and O–H groups in total. The highest BCUT2D eigenvalue weighted by Crippen LogP contribution is 2.19. The maximum absolute atomic E-state index is 12.0. The Morgan fingerprint density at radius 1 is 1.14 bits per heavy atom. The molecule has 110 valence electrons. The minimum absolute atomic E-state index is 0.0948. The van der Waals surface area contributed by atoms with Gasteiger partial charge in [0, 0.05) is 0 Å². The van der Waals surface area contributed by atoms with Crippen molar-refractivity contribution in [3.8, 4) is 0 Å². The molecule has 2 aromatic carbocycles. The second-order valence-electron chi connectivity index (χ2n) is 4.76. The molecular formula is C15H16N2O3S. The van der Waals surface area contributed by atoms with Gasteiger partial charge in [-0.25, -0.2) is 13.6 Å². The molecule has 2 aromatic rings. The van der Waals surface area contributed by atoms with Crippen molar-refractivity contribution in [2.45, 2.75) is 18.2 Å². The lowest BCUT2D eigenvalue weighted by molar-refractivity contribution is -0.115. The van der Waals surface area contributed by atoms with E-state index in [1.807, 2.05) is 31.2 Å². The molecule has 2 rings (SSSR count). The van der Waals surface area contributed by atoms with E-state index >= 15 is 0 Å². The van der Waals surface area contributed by atoms with Crippen LogP contribution in [0, 0.1) is 6.92 Å². The zero-order valence-electron chi connectivity index (χ0n) is 11.5. The van der Waals surface area contributed by atoms with Gasteiger partial charge in [0.1, 0.15) is 4.90 Å². The Hall–Kier alpha value is -2.18. The van der Waals surface area contributed by atoms with Gasteiger partial charge in [0.2, 0.25) is 15.9 Å². The number of carbonyl (C=O) groups excluding carboxylic acids is 1. The normalized spacial score (nSPS) is 11.1. The monoisotopic (exact) mass is 304 g/mol. The molecule has 0 unspecified atom stereocenters. The van der Waals surface area contributed by atoms with E-state index in [9.17, 15) is 13.2 Å². The first-order valence-corrected chi connectivity index (χ1v) is 7.88. The van der Waals surface area contributed by atoms with Crippen LogP contribution in [-0.2, 0) is 21.2 Å². The summed E-state index contributed by atoms with van der Waals surface area (Å²) in [6, 6.07) is 13.6. The summed E-state index contributed by atoms with van der Waals surface area (Å²) in [4.78, 5) is 11.9. The van der Waals surface area contributed by atoms with Crippen molar-refractivity contribution in [3.05, 3.63) is 59.7 Å². The molecule has 0 heterocycles. The number of primary sulfonamides is 1. The van der Waals surface area contributed by atoms with Crippen LogP contribution in [0.15, 0.2) is 53.4 Å². The minimum Gasteiger partial charge on any atom is -0.325 e. The van der Waals surface area contributed by atoms with Gasteiger partial charge in [-0.1, -0.05) is 42.0 Å². The molecule has 0 bridgehead atoms. The van der Waals surface area contributed by atoms with Crippen LogP contribution in [0.5, 0.6) is 0 Å². The number of rotatable bonds is 4. The molecule has 1 amide bonds. The maximum Gasteiger partial charge on any atom is 0.240 e. The van der Waals surface area contributed by atoms with Gasteiger partial charge < -0.3 is 5.32 Å². The highest BCUT2D eigenvalue weighted by atomic mass is 32.2. The van der Waals surface area contributed by atoms with Crippen molar-refractivity contribution in [1.82, 2.24) is 0 Å². The molecule has 0 saturated carbocycles. The Bertz CT molecular complexity index is 770. The molecule has 0 aromatic heterocycles. The van der Waals surface area contributed by atoms with Crippen molar-refractivity contribution in [3.63, 3.8) is 0 Å². The lowest BCUT2D eigenvalue weighted by atomic mass is 10.1. The van der Waals surface area contributed by atoms with Crippen molar-refractivity contribution in [1.29, 1.82) is 0 Å². The van der Waals surface area contributed by atoms with Crippen LogP contribution < -0.4 is 10.5 Å². The fraction of sp³-hybridized carbons (Fsp3) is 0.133. The number of carbonyl (C=O) groups is 1. The fourth-order valence-corrected chi connectivity index (χ4v) is 2.71. The van der Waals surface area contributed by atoms with Crippen molar-refractivity contribution in [2.24, 2.45) is 5.14 Å². The largest absolute Gasteiger partial charge is 0.325 e. The molecule has 0 saturated heterocycles. The van der Waals surface area contributed by atoms with Gasteiger partial charge in [-0.05, 0) is 24.6 Å². The van der Waals surface area contributed by atoms with Crippen molar-refractivity contribution in [2.75, 3.05) is 5.32 Å². The topological polar surface area (TPSA) is 89.3 Å². The first kappa shape index (κ1) is 15.2. The van der Waals surface area contributed by atoms with Crippen LogP contribution in [0.1, 0.15) is 11.1 Å². The highest BCUT2D eigenvalue weighted by Gasteiger charge is 2.15. The molecule has 0 aliphatic heterocycles. The van der Waals surface area contributed by atoms with E-state index < -0.39 is 10.0 Å². The van der Waals surface area contributed by atoms with E-state index in [2.05, 4.69) is 5.32 Å². The van der Waals surface area contributed by atoms with Crippen LogP contribution in [0.25, 0.3) is 0 Å². The Morgan fingerprint density at radius 3 is 2.52 bits per heavy atom. The van der Waals surface area contributed by atoms with Crippen LogP contribution in [0.2, 0.25) is 0 Å². The lowest BCUT2D eigenvalue weighted by Crippen LogP contribution is -2.19. The first-order valence-electron chi connectivity index (χ1n) is 6.33. The molecule has 6 heteroatoms. The molecule has 21 heavy (non-hydrogen) atoms. The smallest absolute Gasteiger partial charge is 0.240 e. The third-order valence-corrected chi connectivity index (χ3v) is 3.88. The molecule has 0 atom stereocenters. The van der Waals surface area contributed by atoms with E-state index in [1.54, 1.807) is 12.1 Å². The lowest BCUT2D eigenvalue weighted by Gasteiger charge is -2.09. The maximum atomic E-state index is 12.0. The number of anilines is 1. The van der Waals surface area contributed by atoms with E-state index in [0.717, 1.165) is 11.1 Å². The number of hydrogen-bond donors (Lipinski definition) is 2. The SMILES string of the molecule is Cc1cccc(CC(=O)Nc2ccccc2S(N)(=O)=O)c1. The van der Waals surface area contributed by atoms with Gasteiger partial charge in [-0.15, -0.1) is 0 Å². The average Bonchev–Trinajstić information content (AvgIpc) is 2.37. The Balaban J connectivity index is 2.17. The third-order valence-electron chi connectivity index (χ3n) is 2.91. The minimum atomic E-state index is -3.87. The number of hydrogen-bond acceptors (Lipinski definition) is 3. The average molecular weight is 304 g/mol. The Labute approximate surface area is 123 Å². The van der Waals surface area contributed by atoms with Gasteiger partial charge >= 0.3 is 0 Å². The summed E-state index contributed by atoms with van der Waals surface area (Å²) in [5.74, 6) is -0.295. The zero-order valence-corrected chi connectivity index (χ0v) is 12.4.